The van der Waals surface area contributed by atoms with E-state index in [0.717, 1.165) is 22.6 Å². The number of hydrogen-bond acceptors (Lipinski definition) is 3. The smallest absolute Gasteiger partial charge is 0.335 e. The molecule has 3 aromatic rings. The highest BCUT2D eigenvalue weighted by molar-refractivity contribution is 5.87. The predicted molar refractivity (Wildman–Crippen MR) is 107 cm³/mol. The second-order valence-corrected chi connectivity index (χ2v) is 6.39. The maximum Gasteiger partial charge on any atom is 0.335 e. The van der Waals surface area contributed by atoms with E-state index in [1.165, 1.54) is 11.1 Å². The summed E-state index contributed by atoms with van der Waals surface area (Å²) in [4.78, 5) is 15.4. The minimum absolute atomic E-state index is 0.270. The van der Waals surface area contributed by atoms with Crippen molar-refractivity contribution in [2.75, 3.05) is 0 Å². The normalized spacial score (nSPS) is 10.9. The highest BCUT2D eigenvalue weighted by atomic mass is 16.5. The molecule has 0 atom stereocenters. The SMILES string of the molecule is Cc1ccc(N=Cc2ccc(OCc3ccc(C(=O)O)cc3)cc2)cc1C. The van der Waals surface area contributed by atoms with Crippen LogP contribution in [0.5, 0.6) is 5.75 Å². The van der Waals surface area contributed by atoms with Gasteiger partial charge in [-0.15, -0.1) is 0 Å². The average Bonchev–Trinajstić information content (AvgIpc) is 2.68. The van der Waals surface area contributed by atoms with Gasteiger partial charge in [0, 0.05) is 6.21 Å². The van der Waals surface area contributed by atoms with Crippen molar-refractivity contribution in [3.63, 3.8) is 0 Å². The van der Waals surface area contributed by atoms with Crippen LogP contribution in [0.1, 0.15) is 32.6 Å². The van der Waals surface area contributed by atoms with Crippen molar-refractivity contribution < 1.29 is 14.6 Å². The first kappa shape index (κ1) is 18.4. The molecule has 0 amide bonds. The molecule has 4 nitrogen and oxygen atoms in total. The van der Waals surface area contributed by atoms with E-state index in [-0.39, 0.29) is 5.56 Å². The molecule has 1 N–H and O–H groups in total. The zero-order valence-corrected chi connectivity index (χ0v) is 15.3. The van der Waals surface area contributed by atoms with E-state index in [0.29, 0.717) is 6.61 Å². The van der Waals surface area contributed by atoms with E-state index in [1.807, 2.05) is 36.5 Å². The van der Waals surface area contributed by atoms with E-state index in [1.54, 1.807) is 24.3 Å². The van der Waals surface area contributed by atoms with E-state index in [9.17, 15) is 4.79 Å². The highest BCUT2D eigenvalue weighted by Gasteiger charge is 2.02. The molecule has 27 heavy (non-hydrogen) atoms. The first-order valence-corrected chi connectivity index (χ1v) is 8.68. The first-order chi connectivity index (χ1) is 13.0. The summed E-state index contributed by atoms with van der Waals surface area (Å²) in [6.07, 6.45) is 1.83. The number of ether oxygens (including phenoxy) is 1. The molecule has 3 rings (SSSR count). The molecule has 3 aromatic carbocycles. The molecule has 0 saturated carbocycles. The molecule has 0 aliphatic carbocycles. The summed E-state index contributed by atoms with van der Waals surface area (Å²) in [6, 6.07) is 20.5. The third kappa shape index (κ3) is 5.05. The Labute approximate surface area is 158 Å². The fourth-order valence-electron chi connectivity index (χ4n) is 2.52. The molecular formula is C23H21NO3. The monoisotopic (exact) mass is 359 g/mol. The third-order valence-corrected chi connectivity index (χ3v) is 4.34. The van der Waals surface area contributed by atoms with Crippen LogP contribution in [0.3, 0.4) is 0 Å². The number of benzene rings is 3. The quantitative estimate of drug-likeness (QED) is 0.605. The summed E-state index contributed by atoms with van der Waals surface area (Å²) in [5.74, 6) is -0.179. The van der Waals surface area contributed by atoms with Crippen LogP contribution in [0, 0.1) is 13.8 Å². The number of nitrogens with zero attached hydrogens (tertiary/aromatic N) is 1. The van der Waals surface area contributed by atoms with Gasteiger partial charge in [0.05, 0.1) is 11.3 Å². The molecule has 0 fully saturated rings. The Hall–Kier alpha value is -3.40. The lowest BCUT2D eigenvalue weighted by Crippen LogP contribution is -1.99. The number of carboxylic acids is 1. The Morgan fingerprint density at radius 3 is 2.30 bits per heavy atom. The van der Waals surface area contributed by atoms with Crippen LogP contribution in [0.25, 0.3) is 0 Å². The fourth-order valence-corrected chi connectivity index (χ4v) is 2.52. The van der Waals surface area contributed by atoms with Crippen LogP contribution in [-0.4, -0.2) is 17.3 Å². The second kappa shape index (κ2) is 8.32. The molecule has 0 spiro atoms. The van der Waals surface area contributed by atoms with Gasteiger partial charge in [-0.25, -0.2) is 4.79 Å². The first-order valence-electron chi connectivity index (χ1n) is 8.68. The van der Waals surface area contributed by atoms with Crippen LogP contribution in [0.2, 0.25) is 0 Å². The van der Waals surface area contributed by atoms with Gasteiger partial charge in [0.1, 0.15) is 12.4 Å². The van der Waals surface area contributed by atoms with E-state index in [4.69, 9.17) is 9.84 Å². The molecule has 136 valence electrons. The standard InChI is InChI=1S/C23H21NO3/c1-16-3-10-21(13-17(16)2)24-14-18-6-11-22(12-7-18)27-15-19-4-8-20(9-5-19)23(25)26/h3-14H,15H2,1-2H3,(H,25,26). The Kier molecular flexibility index (Phi) is 5.67. The van der Waals surface area contributed by atoms with Crippen LogP contribution >= 0.6 is 0 Å². The van der Waals surface area contributed by atoms with E-state index in [2.05, 4.69) is 31.0 Å². The van der Waals surface area contributed by atoms with Crippen LogP contribution < -0.4 is 4.74 Å². The molecule has 0 heterocycles. The fraction of sp³-hybridized carbons (Fsp3) is 0.130. The number of aryl methyl sites for hydroxylation is 2. The summed E-state index contributed by atoms with van der Waals surface area (Å²) in [7, 11) is 0. The van der Waals surface area contributed by atoms with Crippen molar-refractivity contribution in [2.45, 2.75) is 20.5 Å². The lowest BCUT2D eigenvalue weighted by molar-refractivity contribution is 0.0697. The Morgan fingerprint density at radius 1 is 0.963 bits per heavy atom. The third-order valence-electron chi connectivity index (χ3n) is 4.34. The van der Waals surface area contributed by atoms with Gasteiger partial charge in [-0.2, -0.15) is 0 Å². The molecule has 0 bridgehead atoms. The van der Waals surface area contributed by atoms with Crippen molar-refractivity contribution in [1.82, 2.24) is 0 Å². The largest absolute Gasteiger partial charge is 0.489 e. The van der Waals surface area contributed by atoms with Gasteiger partial charge in [-0.3, -0.25) is 4.99 Å². The van der Waals surface area contributed by atoms with Gasteiger partial charge in [0.2, 0.25) is 0 Å². The number of rotatable bonds is 6. The lowest BCUT2D eigenvalue weighted by atomic mass is 10.1. The van der Waals surface area contributed by atoms with Crippen molar-refractivity contribution in [3.8, 4) is 5.75 Å². The summed E-state index contributed by atoms with van der Waals surface area (Å²) in [6.45, 7) is 4.55. The molecule has 0 saturated heterocycles. The molecule has 0 unspecified atom stereocenters. The minimum Gasteiger partial charge on any atom is -0.489 e. The number of carbonyl (C=O) groups is 1. The summed E-state index contributed by atoms with van der Waals surface area (Å²) in [5, 5.41) is 8.91. The number of carboxylic acid groups (broad SMARTS) is 1. The predicted octanol–water partition coefficient (Wildman–Crippen LogP) is 5.33. The van der Waals surface area contributed by atoms with E-state index >= 15 is 0 Å². The van der Waals surface area contributed by atoms with E-state index < -0.39 is 5.97 Å². The van der Waals surface area contributed by atoms with Crippen molar-refractivity contribution in [2.24, 2.45) is 4.99 Å². The number of hydrogen-bond donors (Lipinski definition) is 1. The molecule has 4 heteroatoms. The van der Waals surface area contributed by atoms with Crippen molar-refractivity contribution in [3.05, 3.63) is 94.5 Å². The lowest BCUT2D eigenvalue weighted by Gasteiger charge is -2.07. The zero-order valence-electron chi connectivity index (χ0n) is 15.3. The van der Waals surface area contributed by atoms with Gasteiger partial charge >= 0.3 is 5.97 Å². The Morgan fingerprint density at radius 2 is 1.67 bits per heavy atom. The van der Waals surface area contributed by atoms with Gasteiger partial charge in [0.25, 0.3) is 0 Å². The summed E-state index contributed by atoms with van der Waals surface area (Å²) in [5.41, 5.74) is 5.60. The Balaban J connectivity index is 1.58. The number of aliphatic imine (C=N–C) groups is 1. The molecule has 0 aliphatic heterocycles. The zero-order chi connectivity index (χ0) is 19.2. The van der Waals surface area contributed by atoms with Gasteiger partial charge in [0.15, 0.2) is 0 Å². The van der Waals surface area contributed by atoms with Crippen LogP contribution in [0.4, 0.5) is 5.69 Å². The summed E-state index contributed by atoms with van der Waals surface area (Å²) < 4.78 is 5.75. The van der Waals surface area contributed by atoms with Gasteiger partial charge < -0.3 is 9.84 Å². The number of aromatic carboxylic acids is 1. The topological polar surface area (TPSA) is 58.9 Å². The van der Waals surface area contributed by atoms with Gasteiger partial charge in [-0.05, 0) is 84.6 Å². The second-order valence-electron chi connectivity index (χ2n) is 6.39. The van der Waals surface area contributed by atoms with Gasteiger partial charge in [-0.1, -0.05) is 18.2 Å². The average molecular weight is 359 g/mol. The van der Waals surface area contributed by atoms with Crippen LogP contribution in [0.15, 0.2) is 71.7 Å². The minimum atomic E-state index is -0.930. The highest BCUT2D eigenvalue weighted by Crippen LogP contribution is 2.18. The maximum absolute atomic E-state index is 10.9. The molecule has 0 aromatic heterocycles. The summed E-state index contributed by atoms with van der Waals surface area (Å²) >= 11 is 0. The molecule has 0 aliphatic rings. The molecule has 0 radical (unpaired) electrons. The Bertz CT molecular complexity index is 958. The van der Waals surface area contributed by atoms with Crippen molar-refractivity contribution >= 4 is 17.9 Å². The van der Waals surface area contributed by atoms with Crippen molar-refractivity contribution in [1.29, 1.82) is 0 Å². The molecular weight excluding hydrogens is 338 g/mol. The van der Waals surface area contributed by atoms with Crippen LogP contribution in [-0.2, 0) is 6.61 Å². The maximum atomic E-state index is 10.9.